The summed E-state index contributed by atoms with van der Waals surface area (Å²) < 4.78 is 2.23. The van der Waals surface area contributed by atoms with E-state index in [0.717, 1.165) is 18.2 Å². The van der Waals surface area contributed by atoms with Gasteiger partial charge in [-0.3, -0.25) is 0 Å². The predicted octanol–water partition coefficient (Wildman–Crippen LogP) is 4.39. The van der Waals surface area contributed by atoms with Gasteiger partial charge in [0.15, 0.2) is 0 Å². The van der Waals surface area contributed by atoms with Crippen molar-refractivity contribution in [1.82, 2.24) is 9.55 Å². The van der Waals surface area contributed by atoms with Crippen molar-refractivity contribution < 1.29 is 0 Å². The highest BCUT2D eigenvalue weighted by atomic mass is 15.1. The number of hydrogen-bond donors (Lipinski definition) is 0. The Hall–Kier alpha value is -1.57. The van der Waals surface area contributed by atoms with E-state index in [9.17, 15) is 0 Å². The normalized spacial score (nSPS) is 11.3. The SMILES string of the molecule is Cc1cc(CCC(C)C)nc(-n2c(C)ccc2C)c1. The van der Waals surface area contributed by atoms with Gasteiger partial charge in [-0.15, -0.1) is 0 Å². The molecule has 0 aromatic carbocycles. The largest absolute Gasteiger partial charge is 0.303 e. The van der Waals surface area contributed by atoms with Gasteiger partial charge in [0.2, 0.25) is 0 Å². The first kappa shape index (κ1) is 13.9. The molecule has 2 heteroatoms. The van der Waals surface area contributed by atoms with E-state index < -0.39 is 0 Å². The molecule has 0 bridgehead atoms. The summed E-state index contributed by atoms with van der Waals surface area (Å²) in [7, 11) is 0. The summed E-state index contributed by atoms with van der Waals surface area (Å²) in [4.78, 5) is 4.83. The Morgan fingerprint density at radius 2 is 1.68 bits per heavy atom. The Kier molecular flexibility index (Phi) is 4.08. The first-order valence-electron chi connectivity index (χ1n) is 7.10. The molecule has 2 heterocycles. The molecule has 19 heavy (non-hydrogen) atoms. The molecular formula is C17H24N2. The van der Waals surface area contributed by atoms with Crippen molar-refractivity contribution in [3.8, 4) is 5.82 Å². The number of pyridine rings is 1. The van der Waals surface area contributed by atoms with Crippen molar-refractivity contribution in [3.05, 3.63) is 46.9 Å². The summed E-state index contributed by atoms with van der Waals surface area (Å²) in [6.07, 6.45) is 2.26. The molecule has 0 saturated heterocycles. The molecule has 0 radical (unpaired) electrons. The van der Waals surface area contributed by atoms with Crippen LogP contribution < -0.4 is 0 Å². The second-order valence-electron chi connectivity index (χ2n) is 5.88. The zero-order valence-electron chi connectivity index (χ0n) is 12.7. The zero-order valence-corrected chi connectivity index (χ0v) is 12.7. The molecule has 0 atom stereocenters. The smallest absolute Gasteiger partial charge is 0.137 e. The third-order valence-electron chi connectivity index (χ3n) is 3.49. The van der Waals surface area contributed by atoms with Gasteiger partial charge in [-0.2, -0.15) is 0 Å². The van der Waals surface area contributed by atoms with Gasteiger partial charge in [0.05, 0.1) is 0 Å². The third-order valence-corrected chi connectivity index (χ3v) is 3.49. The average Bonchev–Trinajstić information content (AvgIpc) is 2.66. The van der Waals surface area contributed by atoms with Crippen molar-refractivity contribution in [2.75, 3.05) is 0 Å². The van der Waals surface area contributed by atoms with Crippen molar-refractivity contribution in [3.63, 3.8) is 0 Å². The topological polar surface area (TPSA) is 17.8 Å². The lowest BCUT2D eigenvalue weighted by Gasteiger charge is -2.12. The van der Waals surface area contributed by atoms with Gasteiger partial charge < -0.3 is 4.57 Å². The lowest BCUT2D eigenvalue weighted by molar-refractivity contribution is 0.580. The summed E-state index contributed by atoms with van der Waals surface area (Å²) in [6, 6.07) is 8.67. The van der Waals surface area contributed by atoms with Crippen molar-refractivity contribution in [2.24, 2.45) is 5.92 Å². The number of aromatic nitrogens is 2. The van der Waals surface area contributed by atoms with Crippen LogP contribution in [0.15, 0.2) is 24.3 Å². The molecule has 0 unspecified atom stereocenters. The number of aryl methyl sites for hydroxylation is 4. The van der Waals surface area contributed by atoms with Gasteiger partial charge in [-0.25, -0.2) is 4.98 Å². The van der Waals surface area contributed by atoms with Gasteiger partial charge in [0, 0.05) is 17.1 Å². The van der Waals surface area contributed by atoms with Gasteiger partial charge in [0.1, 0.15) is 5.82 Å². The van der Waals surface area contributed by atoms with Crippen LogP contribution in [0.2, 0.25) is 0 Å². The highest BCUT2D eigenvalue weighted by molar-refractivity contribution is 5.35. The van der Waals surface area contributed by atoms with E-state index in [1.165, 1.54) is 29.1 Å². The van der Waals surface area contributed by atoms with Crippen LogP contribution in [-0.2, 0) is 6.42 Å². The van der Waals surface area contributed by atoms with E-state index in [1.54, 1.807) is 0 Å². The third kappa shape index (κ3) is 3.25. The van der Waals surface area contributed by atoms with Crippen molar-refractivity contribution in [2.45, 2.75) is 47.5 Å². The summed E-state index contributed by atoms with van der Waals surface area (Å²) >= 11 is 0. The molecule has 0 spiro atoms. The van der Waals surface area contributed by atoms with Crippen LogP contribution in [-0.4, -0.2) is 9.55 Å². The Balaban J connectivity index is 2.36. The Labute approximate surface area is 116 Å². The van der Waals surface area contributed by atoms with Crippen LogP contribution in [0.25, 0.3) is 5.82 Å². The lowest BCUT2D eigenvalue weighted by atomic mass is 10.1. The maximum atomic E-state index is 4.83. The van der Waals surface area contributed by atoms with E-state index >= 15 is 0 Å². The zero-order chi connectivity index (χ0) is 14.0. The number of rotatable bonds is 4. The molecule has 2 nitrogen and oxygen atoms in total. The molecule has 2 rings (SSSR count). The fraction of sp³-hybridized carbons (Fsp3) is 0.471. The van der Waals surface area contributed by atoms with E-state index in [0.29, 0.717) is 0 Å². The first-order chi connectivity index (χ1) is 8.97. The van der Waals surface area contributed by atoms with E-state index in [4.69, 9.17) is 4.98 Å². The second kappa shape index (κ2) is 5.60. The molecule has 0 aliphatic rings. The van der Waals surface area contributed by atoms with Crippen LogP contribution in [0.3, 0.4) is 0 Å². The molecule has 0 fully saturated rings. The summed E-state index contributed by atoms with van der Waals surface area (Å²) in [5.41, 5.74) is 4.98. The molecule has 0 aliphatic heterocycles. The first-order valence-corrected chi connectivity index (χ1v) is 7.10. The van der Waals surface area contributed by atoms with Gasteiger partial charge >= 0.3 is 0 Å². The number of hydrogen-bond acceptors (Lipinski definition) is 1. The van der Waals surface area contributed by atoms with Crippen molar-refractivity contribution in [1.29, 1.82) is 0 Å². The lowest BCUT2D eigenvalue weighted by Crippen LogP contribution is -2.05. The Morgan fingerprint density at radius 3 is 2.26 bits per heavy atom. The van der Waals surface area contributed by atoms with Crippen LogP contribution in [0.1, 0.15) is 42.9 Å². The predicted molar refractivity (Wildman–Crippen MR) is 80.9 cm³/mol. The molecule has 2 aromatic heterocycles. The summed E-state index contributed by atoms with van der Waals surface area (Å²) in [5.74, 6) is 1.78. The average molecular weight is 256 g/mol. The standard InChI is InChI=1S/C17H24N2/c1-12(2)6-9-16-10-13(3)11-17(18-16)19-14(4)7-8-15(19)5/h7-8,10-12H,6,9H2,1-5H3. The number of nitrogens with zero attached hydrogens (tertiary/aromatic N) is 2. The minimum atomic E-state index is 0.723. The van der Waals surface area contributed by atoms with E-state index in [1.807, 2.05) is 0 Å². The summed E-state index contributed by atoms with van der Waals surface area (Å²) in [6.45, 7) is 10.9. The second-order valence-corrected chi connectivity index (χ2v) is 5.88. The fourth-order valence-corrected chi connectivity index (χ4v) is 2.43. The highest BCUT2D eigenvalue weighted by Crippen LogP contribution is 2.17. The van der Waals surface area contributed by atoms with Gasteiger partial charge in [-0.05, 0) is 69.4 Å². The molecular weight excluding hydrogens is 232 g/mol. The Morgan fingerprint density at radius 1 is 1.05 bits per heavy atom. The van der Waals surface area contributed by atoms with Gasteiger partial charge in [0.25, 0.3) is 0 Å². The maximum absolute atomic E-state index is 4.83. The van der Waals surface area contributed by atoms with Crippen LogP contribution >= 0.6 is 0 Å². The molecule has 102 valence electrons. The van der Waals surface area contributed by atoms with Crippen LogP contribution in [0.4, 0.5) is 0 Å². The van der Waals surface area contributed by atoms with Gasteiger partial charge in [-0.1, -0.05) is 13.8 Å². The van der Waals surface area contributed by atoms with E-state index in [2.05, 4.69) is 63.5 Å². The molecule has 0 amide bonds. The monoisotopic (exact) mass is 256 g/mol. The summed E-state index contributed by atoms with van der Waals surface area (Å²) in [5, 5.41) is 0. The quantitative estimate of drug-likeness (QED) is 0.793. The molecule has 0 aliphatic carbocycles. The van der Waals surface area contributed by atoms with Crippen molar-refractivity contribution >= 4 is 0 Å². The molecule has 2 aromatic rings. The fourth-order valence-electron chi connectivity index (χ4n) is 2.43. The van der Waals surface area contributed by atoms with Crippen LogP contribution in [0.5, 0.6) is 0 Å². The van der Waals surface area contributed by atoms with Crippen LogP contribution in [0, 0.1) is 26.7 Å². The van der Waals surface area contributed by atoms with E-state index in [-0.39, 0.29) is 0 Å². The maximum Gasteiger partial charge on any atom is 0.137 e. The molecule has 0 saturated carbocycles. The minimum absolute atomic E-state index is 0.723. The highest BCUT2D eigenvalue weighted by Gasteiger charge is 2.08. The Bertz CT molecular complexity index is 545. The minimum Gasteiger partial charge on any atom is -0.303 e. The molecule has 0 N–H and O–H groups in total.